The van der Waals surface area contributed by atoms with Gasteiger partial charge in [0, 0.05) is 32.1 Å². The molecule has 0 unspecified atom stereocenters. The van der Waals surface area contributed by atoms with Crippen molar-refractivity contribution in [1.29, 1.82) is 0 Å². The molecule has 2 aliphatic heterocycles. The molecule has 2 rings (SSSR count). The van der Waals surface area contributed by atoms with Crippen molar-refractivity contribution in [1.82, 2.24) is 4.90 Å². The standard InChI is InChI=1S/C19H36NOSi.ClH.Zn/c1-15(2)12-16-13-19(6,17-10-9-11-20(17)14-16)21-22(7,8)18(3,4)5;;/h12,15,17H,1,9-11,13-14H2,2-8H3;1H;/p-1/b16-12-;;/t15-,17-,19-;;/m0../s1. The second-order valence-corrected chi connectivity index (χ2v) is 14.0. The smallest absolute Gasteiger partial charge is 0.192 e. The van der Waals surface area contributed by atoms with E-state index in [2.05, 4.69) is 65.6 Å². The maximum Gasteiger partial charge on any atom is 0.192 e. The van der Waals surface area contributed by atoms with Crippen molar-refractivity contribution in [3.8, 4) is 0 Å². The van der Waals surface area contributed by atoms with Crippen LogP contribution in [0.5, 0.6) is 0 Å². The summed E-state index contributed by atoms with van der Waals surface area (Å²) in [6, 6.07) is 0.596. The van der Waals surface area contributed by atoms with Gasteiger partial charge in [0.2, 0.25) is 0 Å². The Morgan fingerprint density at radius 1 is 1.38 bits per heavy atom. The number of rotatable bonds is 3. The number of hydrogen-bond donors (Lipinski definition) is 0. The van der Waals surface area contributed by atoms with E-state index >= 15 is 0 Å². The normalized spacial score (nSPS) is 30.0. The molecule has 2 nitrogen and oxygen atoms in total. The number of nitrogens with zero attached hydrogens (tertiary/aromatic N) is 1. The van der Waals surface area contributed by atoms with Crippen molar-refractivity contribution < 1.29 is 36.3 Å². The molecule has 2 heterocycles. The van der Waals surface area contributed by atoms with Crippen LogP contribution in [-0.2, 0) is 23.9 Å². The van der Waals surface area contributed by atoms with Crippen molar-refractivity contribution in [2.24, 2.45) is 5.92 Å². The fourth-order valence-corrected chi connectivity index (χ4v) is 5.63. The van der Waals surface area contributed by atoms with Crippen molar-refractivity contribution >= 4 is 8.32 Å². The number of piperidine rings is 1. The van der Waals surface area contributed by atoms with Gasteiger partial charge in [-0.1, -0.05) is 39.3 Å². The second-order valence-electron chi connectivity index (χ2n) is 9.28. The average Bonchev–Trinajstić information content (AvgIpc) is 2.73. The molecule has 0 aromatic rings. The molecule has 5 heteroatoms. The van der Waals surface area contributed by atoms with Crippen LogP contribution >= 0.6 is 0 Å². The van der Waals surface area contributed by atoms with E-state index in [1.165, 1.54) is 25.0 Å². The van der Waals surface area contributed by atoms with Crippen LogP contribution in [0.3, 0.4) is 0 Å². The Bertz CT molecular complexity index is 447. The first-order valence-corrected chi connectivity index (χ1v) is 11.8. The third-order valence-electron chi connectivity index (χ3n) is 5.87. The zero-order valence-electron chi connectivity index (χ0n) is 16.9. The molecule has 137 valence electrons. The zero-order chi connectivity index (χ0) is 16.8. The fraction of sp³-hybridized carbons (Fsp3) is 0.842. The van der Waals surface area contributed by atoms with Gasteiger partial charge in [-0.3, -0.25) is 4.90 Å². The molecule has 0 N–H and O–H groups in total. The van der Waals surface area contributed by atoms with Crippen LogP contribution in [0.4, 0.5) is 0 Å². The van der Waals surface area contributed by atoms with Crippen molar-refractivity contribution in [2.75, 3.05) is 13.1 Å². The molecule has 2 saturated heterocycles. The van der Waals surface area contributed by atoms with Gasteiger partial charge in [-0.25, -0.2) is 0 Å². The van der Waals surface area contributed by atoms with E-state index in [1.807, 2.05) is 0 Å². The molecule has 0 saturated carbocycles. The van der Waals surface area contributed by atoms with Gasteiger partial charge in [-0.15, -0.1) is 0 Å². The molecular weight excluding hydrogens is 387 g/mol. The Balaban J connectivity index is 0.00000264. The monoisotopic (exact) mass is 421 g/mol. The Morgan fingerprint density at radius 2 is 1.96 bits per heavy atom. The van der Waals surface area contributed by atoms with Crippen LogP contribution < -0.4 is 12.4 Å². The number of hydrogen-bond acceptors (Lipinski definition) is 2. The quantitative estimate of drug-likeness (QED) is 0.509. The molecule has 3 atom stereocenters. The van der Waals surface area contributed by atoms with Crippen LogP contribution in [0.2, 0.25) is 18.1 Å². The van der Waals surface area contributed by atoms with Gasteiger partial charge in [0.15, 0.2) is 8.32 Å². The Kier molecular flexibility index (Phi) is 8.94. The van der Waals surface area contributed by atoms with E-state index in [4.69, 9.17) is 4.43 Å². The topological polar surface area (TPSA) is 12.5 Å². The number of allylic oxidation sites excluding steroid dienone is 1. The largest absolute Gasteiger partial charge is 1.00 e. The van der Waals surface area contributed by atoms with E-state index in [0.29, 0.717) is 12.0 Å². The van der Waals surface area contributed by atoms with E-state index in [9.17, 15) is 0 Å². The van der Waals surface area contributed by atoms with Gasteiger partial charge in [-0.05, 0) is 63.7 Å². The van der Waals surface area contributed by atoms with Crippen LogP contribution in [0.25, 0.3) is 0 Å². The molecule has 0 amide bonds. The summed E-state index contributed by atoms with van der Waals surface area (Å²) in [4.78, 5) is 2.66. The molecule has 0 aliphatic carbocycles. The fourth-order valence-electron chi connectivity index (χ4n) is 3.95. The Labute approximate surface area is 170 Å². The van der Waals surface area contributed by atoms with Crippen molar-refractivity contribution in [3.63, 3.8) is 0 Å². The van der Waals surface area contributed by atoms with Crippen LogP contribution in [-0.4, -0.2) is 37.9 Å². The summed E-state index contributed by atoms with van der Waals surface area (Å²) >= 11 is 0. The number of halogens is 1. The van der Waals surface area contributed by atoms with E-state index in [1.54, 1.807) is 0 Å². The van der Waals surface area contributed by atoms with E-state index in [-0.39, 0.29) is 42.5 Å². The summed E-state index contributed by atoms with van der Waals surface area (Å²) in [5.41, 5.74) is 1.50. The first kappa shape index (κ1) is 24.8. The third-order valence-corrected chi connectivity index (χ3v) is 10.5. The first-order valence-electron chi connectivity index (χ1n) is 8.91. The Morgan fingerprint density at radius 3 is 2.46 bits per heavy atom. The second kappa shape index (κ2) is 8.65. The molecule has 0 bridgehead atoms. The minimum absolute atomic E-state index is 0. The number of fused-ring (bicyclic) bond motifs is 1. The van der Waals surface area contributed by atoms with Gasteiger partial charge in [0.1, 0.15) is 0 Å². The maximum absolute atomic E-state index is 6.99. The first-order chi connectivity index (χ1) is 9.95. The van der Waals surface area contributed by atoms with Crippen molar-refractivity contribution in [2.45, 2.75) is 83.7 Å². The van der Waals surface area contributed by atoms with E-state index < -0.39 is 8.32 Å². The summed E-state index contributed by atoms with van der Waals surface area (Å²) in [6.07, 6.45) is 6.05. The molecule has 1 radical (unpaired) electrons. The maximum atomic E-state index is 6.99. The van der Waals surface area contributed by atoms with Crippen LogP contribution in [0.15, 0.2) is 11.6 Å². The molecule has 0 aromatic carbocycles. The summed E-state index contributed by atoms with van der Waals surface area (Å²) < 4.78 is 6.99. The molecule has 2 aliphatic rings. The van der Waals surface area contributed by atoms with Crippen LogP contribution in [0, 0.1) is 12.8 Å². The summed E-state index contributed by atoms with van der Waals surface area (Å²) in [6.45, 7) is 22.8. The summed E-state index contributed by atoms with van der Waals surface area (Å²) in [5, 5.41) is 0.264. The van der Waals surface area contributed by atoms with Gasteiger partial charge in [0.25, 0.3) is 0 Å². The molecule has 0 aromatic heterocycles. The predicted molar refractivity (Wildman–Crippen MR) is 98.5 cm³/mol. The van der Waals surface area contributed by atoms with Crippen molar-refractivity contribution in [3.05, 3.63) is 18.6 Å². The average molecular weight is 423 g/mol. The molecular formula is C19H36ClNOSiZn-. The van der Waals surface area contributed by atoms with Gasteiger partial charge in [0.05, 0.1) is 5.60 Å². The summed E-state index contributed by atoms with van der Waals surface area (Å²) in [5.74, 6) is 0.381. The van der Waals surface area contributed by atoms with Crippen LogP contribution in [0.1, 0.15) is 53.9 Å². The Hall–Kier alpha value is 0.790. The minimum Gasteiger partial charge on any atom is -1.00 e. The third kappa shape index (κ3) is 5.39. The zero-order valence-corrected chi connectivity index (χ0v) is 21.6. The van der Waals surface area contributed by atoms with Gasteiger partial charge in [-0.2, -0.15) is 0 Å². The molecule has 0 spiro atoms. The summed E-state index contributed by atoms with van der Waals surface area (Å²) in [7, 11) is -1.76. The SMILES string of the molecule is [CH2][C@@H](C)/C=C1\CN2CCC[C@H]2[C@@](C)(O[Si](C)(C)C(C)(C)C)C1.[Cl-].[Zn]. The van der Waals surface area contributed by atoms with Gasteiger partial charge >= 0.3 is 0 Å². The van der Waals surface area contributed by atoms with E-state index in [0.717, 1.165) is 13.0 Å². The molecule has 24 heavy (non-hydrogen) atoms. The molecule has 2 fully saturated rings. The predicted octanol–water partition coefficient (Wildman–Crippen LogP) is 2.03. The van der Waals surface area contributed by atoms with Gasteiger partial charge < -0.3 is 16.8 Å². The minimum atomic E-state index is -1.76.